The molecule has 3 aromatic heterocycles. The van der Waals surface area contributed by atoms with Gasteiger partial charge in [0.15, 0.2) is 27.5 Å². The Morgan fingerprint density at radius 2 is 2.06 bits per heavy atom. The highest BCUT2D eigenvalue weighted by Gasteiger charge is 2.44. The van der Waals surface area contributed by atoms with E-state index in [1.807, 2.05) is 25.1 Å². The number of thiazole rings is 1. The molecule has 0 saturated carbocycles. The van der Waals surface area contributed by atoms with Crippen LogP contribution < -0.4 is 5.32 Å². The number of rotatable bonds is 7. The maximum Gasteiger partial charge on any atom is 0.207 e. The number of ether oxygens (including phenoxy) is 1. The molecule has 10 nitrogen and oxygen atoms in total. The van der Waals surface area contributed by atoms with Gasteiger partial charge in [0.25, 0.3) is 0 Å². The number of aromatic nitrogens is 5. The molecule has 174 valence electrons. The molecular formula is C20H21ClN6O4S2. The number of halogens is 1. The highest BCUT2D eigenvalue weighted by molar-refractivity contribution is 8.01. The summed E-state index contributed by atoms with van der Waals surface area (Å²) in [5, 5.41) is 33.2. The Balaban J connectivity index is 1.34. The molecule has 5 unspecified atom stereocenters. The van der Waals surface area contributed by atoms with Gasteiger partial charge < -0.3 is 25.4 Å². The number of fused-ring (bicyclic) bond motifs is 2. The molecule has 1 saturated heterocycles. The number of hydrogen-bond acceptors (Lipinski definition) is 11. The molecule has 1 aliphatic rings. The van der Waals surface area contributed by atoms with E-state index in [2.05, 4.69) is 31.3 Å². The number of nitrogens with zero attached hydrogens (tertiary/aromatic N) is 5. The van der Waals surface area contributed by atoms with Crippen molar-refractivity contribution in [1.29, 1.82) is 0 Å². The standard InChI is InChI=1S/C20H21ClN6O4S2/c1-9(7-32-20-25-10-4-2-3-5-12(10)33-20)24-16-13-17(23-8-22-16)27(19(21)26-13)18-15(30)14(29)11(6-28)31-18/h2-5,8-9,11,14-15,18,28-30H,6-7H2,1H3,(H,22,23,24). The Labute approximate surface area is 201 Å². The smallest absolute Gasteiger partial charge is 0.207 e. The van der Waals surface area contributed by atoms with Crippen LogP contribution in [0.15, 0.2) is 34.9 Å². The third-order valence-electron chi connectivity index (χ3n) is 5.32. The molecule has 5 atom stereocenters. The highest BCUT2D eigenvalue weighted by atomic mass is 35.5. The van der Waals surface area contributed by atoms with Crippen LogP contribution in [0.5, 0.6) is 0 Å². The minimum Gasteiger partial charge on any atom is -0.394 e. The first-order valence-corrected chi connectivity index (χ1v) is 12.4. The maximum absolute atomic E-state index is 10.4. The summed E-state index contributed by atoms with van der Waals surface area (Å²) < 4.78 is 9.15. The van der Waals surface area contributed by atoms with Crippen LogP contribution in [0.4, 0.5) is 5.82 Å². The van der Waals surface area contributed by atoms with Crippen LogP contribution in [-0.4, -0.2) is 76.5 Å². The first-order chi connectivity index (χ1) is 16.0. The van der Waals surface area contributed by atoms with Gasteiger partial charge in [-0.25, -0.2) is 19.9 Å². The Morgan fingerprint density at radius 3 is 2.82 bits per heavy atom. The fraction of sp³-hybridized carbons (Fsp3) is 0.400. The molecule has 4 aromatic rings. The molecule has 4 heterocycles. The first kappa shape index (κ1) is 22.7. The summed E-state index contributed by atoms with van der Waals surface area (Å²) in [6.45, 7) is 1.59. The minimum absolute atomic E-state index is 0.0259. The van der Waals surface area contributed by atoms with Crippen LogP contribution in [-0.2, 0) is 4.74 Å². The molecule has 0 spiro atoms. The molecule has 0 amide bonds. The van der Waals surface area contributed by atoms with Gasteiger partial charge in [-0.1, -0.05) is 23.9 Å². The number of aliphatic hydroxyl groups is 3. The van der Waals surface area contributed by atoms with E-state index in [1.54, 1.807) is 23.1 Å². The lowest BCUT2D eigenvalue weighted by Crippen LogP contribution is -2.33. The largest absolute Gasteiger partial charge is 0.394 e. The number of anilines is 1. The van der Waals surface area contributed by atoms with Gasteiger partial charge in [-0.3, -0.25) is 4.57 Å². The Morgan fingerprint density at radius 1 is 1.24 bits per heavy atom. The van der Waals surface area contributed by atoms with Crippen molar-refractivity contribution in [1.82, 2.24) is 24.5 Å². The zero-order valence-corrected chi connectivity index (χ0v) is 19.8. The van der Waals surface area contributed by atoms with Gasteiger partial charge in [-0.15, -0.1) is 11.3 Å². The van der Waals surface area contributed by atoms with Gasteiger partial charge in [0.2, 0.25) is 5.28 Å². The second-order valence-corrected chi connectivity index (χ2v) is 10.3. The molecule has 1 aliphatic heterocycles. The summed E-state index contributed by atoms with van der Waals surface area (Å²) in [7, 11) is 0. The van der Waals surface area contributed by atoms with Crippen LogP contribution in [0.1, 0.15) is 13.2 Å². The molecule has 13 heteroatoms. The van der Waals surface area contributed by atoms with Crippen LogP contribution in [0, 0.1) is 0 Å². The lowest BCUT2D eigenvalue weighted by Gasteiger charge is -2.17. The summed E-state index contributed by atoms with van der Waals surface area (Å²) in [6, 6.07) is 8.07. The number of hydrogen-bond donors (Lipinski definition) is 4. The van der Waals surface area contributed by atoms with E-state index in [1.165, 1.54) is 10.9 Å². The number of para-hydroxylation sites is 1. The summed E-state index contributed by atoms with van der Waals surface area (Å²) in [6.07, 6.45) is -3.16. The van der Waals surface area contributed by atoms with Gasteiger partial charge in [0, 0.05) is 11.8 Å². The third-order valence-corrected chi connectivity index (χ3v) is 8.03. The van der Waals surface area contributed by atoms with Crippen LogP contribution in [0.25, 0.3) is 21.4 Å². The monoisotopic (exact) mass is 508 g/mol. The number of nitrogens with one attached hydrogen (secondary N) is 1. The molecular weight excluding hydrogens is 488 g/mol. The predicted octanol–water partition coefficient (Wildman–Crippen LogP) is 2.29. The summed E-state index contributed by atoms with van der Waals surface area (Å²) >= 11 is 9.67. The number of imidazole rings is 1. The molecule has 5 rings (SSSR count). The van der Waals surface area contributed by atoms with Crippen molar-refractivity contribution in [2.75, 3.05) is 17.7 Å². The van der Waals surface area contributed by atoms with Crippen molar-refractivity contribution in [3.63, 3.8) is 0 Å². The lowest BCUT2D eigenvalue weighted by atomic mass is 10.1. The van der Waals surface area contributed by atoms with E-state index in [-0.39, 0.29) is 11.3 Å². The molecule has 1 fully saturated rings. The second-order valence-electron chi connectivity index (χ2n) is 7.68. The summed E-state index contributed by atoms with van der Waals surface area (Å²) in [4.78, 5) is 17.6. The van der Waals surface area contributed by atoms with Gasteiger partial charge in [0.05, 0.1) is 16.8 Å². The highest BCUT2D eigenvalue weighted by Crippen LogP contribution is 2.35. The van der Waals surface area contributed by atoms with Crippen LogP contribution in [0.2, 0.25) is 5.28 Å². The first-order valence-electron chi connectivity index (χ1n) is 10.2. The zero-order chi connectivity index (χ0) is 23.1. The Hall–Kier alpha value is -2.06. The second kappa shape index (κ2) is 9.29. The SMILES string of the molecule is CC(CSc1nc2ccccc2s1)Nc1ncnc2c1nc(Cl)n2C1OC(CO)C(O)C1O. The van der Waals surface area contributed by atoms with Gasteiger partial charge in [-0.05, 0) is 30.7 Å². The van der Waals surface area contributed by atoms with E-state index in [0.29, 0.717) is 17.0 Å². The summed E-state index contributed by atoms with van der Waals surface area (Å²) in [5.74, 6) is 1.24. The Bertz CT molecular complexity index is 1250. The third kappa shape index (κ3) is 4.28. The van der Waals surface area contributed by atoms with E-state index in [4.69, 9.17) is 16.3 Å². The van der Waals surface area contributed by atoms with Gasteiger partial charge in [-0.2, -0.15) is 0 Å². The van der Waals surface area contributed by atoms with Crippen LogP contribution in [0.3, 0.4) is 0 Å². The minimum atomic E-state index is -1.30. The Kier molecular flexibility index (Phi) is 6.40. The average Bonchev–Trinajstić information content (AvgIpc) is 3.46. The predicted molar refractivity (Wildman–Crippen MR) is 127 cm³/mol. The fourth-order valence-corrected chi connectivity index (χ4v) is 6.00. The van der Waals surface area contributed by atoms with Gasteiger partial charge in [0.1, 0.15) is 24.6 Å². The van der Waals surface area contributed by atoms with Crippen molar-refractivity contribution in [2.24, 2.45) is 0 Å². The normalized spacial score (nSPS) is 24.0. The van der Waals surface area contributed by atoms with Crippen molar-refractivity contribution in [2.45, 2.75) is 41.8 Å². The quantitative estimate of drug-likeness (QED) is 0.217. The number of thioether (sulfide) groups is 1. The number of benzene rings is 1. The van der Waals surface area contributed by atoms with Gasteiger partial charge >= 0.3 is 0 Å². The van der Waals surface area contributed by atoms with E-state index >= 15 is 0 Å². The lowest BCUT2D eigenvalue weighted by molar-refractivity contribution is -0.0509. The van der Waals surface area contributed by atoms with Crippen molar-refractivity contribution >= 4 is 61.9 Å². The molecule has 0 aliphatic carbocycles. The molecule has 33 heavy (non-hydrogen) atoms. The van der Waals surface area contributed by atoms with Crippen molar-refractivity contribution < 1.29 is 20.1 Å². The fourth-order valence-electron chi connectivity index (χ4n) is 3.69. The van der Waals surface area contributed by atoms with Crippen molar-refractivity contribution in [3.8, 4) is 0 Å². The molecule has 1 aromatic carbocycles. The molecule has 4 N–H and O–H groups in total. The van der Waals surface area contributed by atoms with Crippen molar-refractivity contribution in [3.05, 3.63) is 35.9 Å². The average molecular weight is 509 g/mol. The topological polar surface area (TPSA) is 138 Å². The zero-order valence-electron chi connectivity index (χ0n) is 17.4. The van der Waals surface area contributed by atoms with Crippen LogP contribution >= 0.6 is 34.7 Å². The maximum atomic E-state index is 10.4. The number of aliphatic hydroxyl groups excluding tert-OH is 3. The van der Waals surface area contributed by atoms with E-state index < -0.39 is 31.1 Å². The summed E-state index contributed by atoms with van der Waals surface area (Å²) in [5.41, 5.74) is 1.75. The molecule has 0 bridgehead atoms. The van der Waals surface area contributed by atoms with E-state index in [9.17, 15) is 15.3 Å². The van der Waals surface area contributed by atoms with E-state index in [0.717, 1.165) is 20.3 Å². The molecule has 0 radical (unpaired) electrons.